The maximum atomic E-state index is 13.9. The van der Waals surface area contributed by atoms with Crippen molar-refractivity contribution >= 4 is 6.09 Å². The zero-order valence-electron chi connectivity index (χ0n) is 11.5. The van der Waals surface area contributed by atoms with Crippen LogP contribution in [-0.2, 0) is 4.74 Å². The number of amides is 1. The van der Waals surface area contributed by atoms with Gasteiger partial charge in [0.05, 0.1) is 7.11 Å². The van der Waals surface area contributed by atoms with Crippen molar-refractivity contribution in [1.82, 2.24) is 10.2 Å². The molecule has 2 unspecified atom stereocenters. The summed E-state index contributed by atoms with van der Waals surface area (Å²) in [6, 6.07) is 6.52. The van der Waals surface area contributed by atoms with Gasteiger partial charge in [-0.2, -0.15) is 0 Å². The highest BCUT2D eigenvalue weighted by Crippen LogP contribution is 2.26. The Morgan fingerprint density at radius 2 is 2.35 bits per heavy atom. The van der Waals surface area contributed by atoms with E-state index in [9.17, 15) is 9.18 Å². The van der Waals surface area contributed by atoms with Crippen LogP contribution in [0.15, 0.2) is 24.3 Å². The molecule has 1 aliphatic rings. The van der Waals surface area contributed by atoms with Gasteiger partial charge in [0.1, 0.15) is 5.82 Å². The Labute approximate surface area is 117 Å². The number of hydrogen-bond donors (Lipinski definition) is 2. The number of methoxy groups -OCH3 is 1. The minimum atomic E-state index is -0.438. The number of likely N-dealkylation sites (tertiary alicyclic amines) is 1. The predicted molar refractivity (Wildman–Crippen MR) is 73.7 cm³/mol. The quantitative estimate of drug-likeness (QED) is 0.872. The van der Waals surface area contributed by atoms with Gasteiger partial charge in [-0.1, -0.05) is 18.2 Å². The van der Waals surface area contributed by atoms with E-state index in [1.54, 1.807) is 18.2 Å². The van der Waals surface area contributed by atoms with Crippen LogP contribution in [0.2, 0.25) is 0 Å². The first-order chi connectivity index (χ1) is 9.65. The SMILES string of the molecule is COC(=O)NC1CCN(C(CN)c2ccccc2F)C1. The molecular formula is C14H20FN3O2. The van der Waals surface area contributed by atoms with E-state index in [4.69, 9.17) is 5.73 Å². The molecule has 110 valence electrons. The average Bonchev–Trinajstić information content (AvgIpc) is 2.90. The van der Waals surface area contributed by atoms with Gasteiger partial charge in [0.15, 0.2) is 0 Å². The van der Waals surface area contributed by atoms with Crippen LogP contribution in [0.3, 0.4) is 0 Å². The minimum Gasteiger partial charge on any atom is -0.453 e. The number of hydrogen-bond acceptors (Lipinski definition) is 4. The highest BCUT2D eigenvalue weighted by Gasteiger charge is 2.30. The van der Waals surface area contributed by atoms with Crippen LogP contribution in [0, 0.1) is 5.82 Å². The zero-order chi connectivity index (χ0) is 14.5. The number of nitrogens with two attached hydrogens (primary N) is 1. The summed E-state index contributed by atoms with van der Waals surface area (Å²) in [4.78, 5) is 13.3. The van der Waals surface area contributed by atoms with Gasteiger partial charge in [-0.15, -0.1) is 0 Å². The van der Waals surface area contributed by atoms with Crippen molar-refractivity contribution in [2.24, 2.45) is 5.73 Å². The normalized spacial score (nSPS) is 20.6. The van der Waals surface area contributed by atoms with Gasteiger partial charge < -0.3 is 15.8 Å². The van der Waals surface area contributed by atoms with Crippen LogP contribution in [0.1, 0.15) is 18.0 Å². The van der Waals surface area contributed by atoms with Crippen molar-refractivity contribution in [3.8, 4) is 0 Å². The fraction of sp³-hybridized carbons (Fsp3) is 0.500. The van der Waals surface area contributed by atoms with E-state index in [-0.39, 0.29) is 17.9 Å². The van der Waals surface area contributed by atoms with E-state index in [1.165, 1.54) is 13.2 Å². The van der Waals surface area contributed by atoms with Gasteiger partial charge >= 0.3 is 6.09 Å². The summed E-state index contributed by atoms with van der Waals surface area (Å²) >= 11 is 0. The van der Waals surface area contributed by atoms with Gasteiger partial charge in [-0.05, 0) is 12.5 Å². The van der Waals surface area contributed by atoms with E-state index >= 15 is 0 Å². The summed E-state index contributed by atoms with van der Waals surface area (Å²) in [6.07, 6.45) is 0.368. The molecule has 2 rings (SSSR count). The molecule has 6 heteroatoms. The van der Waals surface area contributed by atoms with Gasteiger partial charge in [0, 0.05) is 37.3 Å². The lowest BCUT2D eigenvalue weighted by Crippen LogP contribution is -2.39. The maximum Gasteiger partial charge on any atom is 0.407 e. The summed E-state index contributed by atoms with van der Waals surface area (Å²) in [5.74, 6) is -0.243. The maximum absolute atomic E-state index is 13.9. The topological polar surface area (TPSA) is 67.6 Å². The number of halogens is 1. The summed E-state index contributed by atoms with van der Waals surface area (Å²) in [5.41, 5.74) is 6.41. The fourth-order valence-electron chi connectivity index (χ4n) is 2.63. The van der Waals surface area contributed by atoms with Crippen LogP contribution in [0.4, 0.5) is 9.18 Å². The Bertz CT molecular complexity index is 469. The molecule has 1 amide bonds. The molecule has 0 spiro atoms. The predicted octanol–water partition coefficient (Wildman–Crippen LogP) is 1.26. The smallest absolute Gasteiger partial charge is 0.407 e. The second-order valence-electron chi connectivity index (χ2n) is 4.89. The third-order valence-corrected chi connectivity index (χ3v) is 3.66. The second-order valence-corrected chi connectivity index (χ2v) is 4.89. The Morgan fingerprint density at radius 1 is 1.60 bits per heavy atom. The molecule has 0 bridgehead atoms. The zero-order valence-corrected chi connectivity index (χ0v) is 11.5. The minimum absolute atomic E-state index is 0.0169. The molecule has 0 radical (unpaired) electrons. The van der Waals surface area contributed by atoms with E-state index < -0.39 is 6.09 Å². The van der Waals surface area contributed by atoms with Crippen LogP contribution in [0.25, 0.3) is 0 Å². The van der Waals surface area contributed by atoms with Gasteiger partial charge in [-0.3, -0.25) is 4.90 Å². The molecule has 5 nitrogen and oxygen atoms in total. The number of carbonyl (C=O) groups is 1. The Kier molecular flexibility index (Phi) is 4.92. The number of carbonyl (C=O) groups excluding carboxylic acids is 1. The second kappa shape index (κ2) is 6.67. The highest BCUT2D eigenvalue weighted by atomic mass is 19.1. The third-order valence-electron chi connectivity index (χ3n) is 3.66. The number of rotatable bonds is 4. The van der Waals surface area contributed by atoms with Crippen LogP contribution >= 0.6 is 0 Å². The molecule has 1 heterocycles. The third kappa shape index (κ3) is 3.26. The van der Waals surface area contributed by atoms with E-state index in [2.05, 4.69) is 15.0 Å². The van der Waals surface area contributed by atoms with Gasteiger partial charge in [-0.25, -0.2) is 9.18 Å². The molecule has 2 atom stereocenters. The number of nitrogens with one attached hydrogen (secondary N) is 1. The number of alkyl carbamates (subject to hydrolysis) is 1. The van der Waals surface area contributed by atoms with Gasteiger partial charge in [0.25, 0.3) is 0 Å². The van der Waals surface area contributed by atoms with E-state index in [1.807, 2.05) is 0 Å². The number of nitrogens with zero attached hydrogens (tertiary/aromatic N) is 1. The lowest BCUT2D eigenvalue weighted by molar-refractivity contribution is 0.165. The highest BCUT2D eigenvalue weighted by molar-refractivity contribution is 5.67. The number of ether oxygens (including phenoxy) is 1. The molecule has 1 aliphatic heterocycles. The van der Waals surface area contributed by atoms with E-state index in [0.29, 0.717) is 18.7 Å². The first-order valence-electron chi connectivity index (χ1n) is 6.68. The first kappa shape index (κ1) is 14.7. The first-order valence-corrected chi connectivity index (χ1v) is 6.68. The molecule has 1 aromatic carbocycles. The van der Waals surface area contributed by atoms with Crippen molar-refractivity contribution in [2.45, 2.75) is 18.5 Å². The van der Waals surface area contributed by atoms with E-state index in [0.717, 1.165) is 13.0 Å². The molecular weight excluding hydrogens is 261 g/mol. The Balaban J connectivity index is 2.03. The van der Waals surface area contributed by atoms with Crippen LogP contribution in [-0.4, -0.2) is 43.8 Å². The Hall–Kier alpha value is -1.66. The number of benzene rings is 1. The molecule has 0 aliphatic carbocycles. The molecule has 1 saturated heterocycles. The van der Waals surface area contributed by atoms with Crippen LogP contribution in [0.5, 0.6) is 0 Å². The lowest BCUT2D eigenvalue weighted by atomic mass is 10.1. The van der Waals surface area contributed by atoms with Crippen molar-refractivity contribution < 1.29 is 13.9 Å². The van der Waals surface area contributed by atoms with Crippen molar-refractivity contribution in [2.75, 3.05) is 26.7 Å². The molecule has 0 aromatic heterocycles. The monoisotopic (exact) mass is 281 g/mol. The van der Waals surface area contributed by atoms with Crippen molar-refractivity contribution in [1.29, 1.82) is 0 Å². The van der Waals surface area contributed by atoms with Crippen LogP contribution < -0.4 is 11.1 Å². The fourth-order valence-corrected chi connectivity index (χ4v) is 2.63. The standard InChI is InChI=1S/C14H20FN3O2/c1-20-14(19)17-10-6-7-18(9-10)13(8-16)11-4-2-3-5-12(11)15/h2-5,10,13H,6-9,16H2,1H3,(H,17,19). The molecule has 3 N–H and O–H groups in total. The molecule has 0 saturated carbocycles. The molecule has 20 heavy (non-hydrogen) atoms. The summed E-state index contributed by atoms with van der Waals surface area (Å²) in [6.45, 7) is 1.75. The molecule has 1 aromatic rings. The van der Waals surface area contributed by atoms with Gasteiger partial charge in [0.2, 0.25) is 0 Å². The summed E-state index contributed by atoms with van der Waals surface area (Å²) in [7, 11) is 1.34. The average molecular weight is 281 g/mol. The van der Waals surface area contributed by atoms with Crippen molar-refractivity contribution in [3.63, 3.8) is 0 Å². The summed E-state index contributed by atoms with van der Waals surface area (Å²) < 4.78 is 18.5. The molecule has 1 fully saturated rings. The Morgan fingerprint density at radius 3 is 3.00 bits per heavy atom. The lowest BCUT2D eigenvalue weighted by Gasteiger charge is -2.27. The summed E-state index contributed by atoms with van der Waals surface area (Å²) in [5, 5.41) is 2.77. The van der Waals surface area contributed by atoms with Crippen molar-refractivity contribution in [3.05, 3.63) is 35.6 Å². The largest absolute Gasteiger partial charge is 0.453 e.